The topological polar surface area (TPSA) is 75.3 Å². The summed E-state index contributed by atoms with van der Waals surface area (Å²) in [5.74, 6) is 0.185. The number of rotatable bonds is 3. The van der Waals surface area contributed by atoms with Crippen LogP contribution in [0, 0.1) is 0 Å². The third-order valence-electron chi connectivity index (χ3n) is 1.90. The number of aromatic hydroxyl groups is 1. The molecule has 1 aromatic heterocycles. The Balaban J connectivity index is 3.11. The Labute approximate surface area is 87.5 Å². The van der Waals surface area contributed by atoms with Gasteiger partial charge in [0.15, 0.2) is 16.7 Å². The first-order chi connectivity index (χ1) is 6.60. The number of aromatic nitrogens is 2. The van der Waals surface area contributed by atoms with Gasteiger partial charge in [0.2, 0.25) is 5.95 Å². The maximum atomic E-state index is 9.26. The van der Waals surface area contributed by atoms with Crippen LogP contribution in [0.15, 0.2) is 0 Å². The van der Waals surface area contributed by atoms with Crippen molar-refractivity contribution in [3.8, 4) is 5.75 Å². The van der Waals surface area contributed by atoms with Gasteiger partial charge in [0, 0.05) is 13.1 Å². The largest absolute Gasteiger partial charge is 0.502 e. The van der Waals surface area contributed by atoms with Crippen molar-refractivity contribution < 1.29 is 5.11 Å². The van der Waals surface area contributed by atoms with E-state index in [1.54, 1.807) is 0 Å². The second-order valence-corrected chi connectivity index (χ2v) is 3.08. The zero-order chi connectivity index (χ0) is 10.7. The molecule has 0 aliphatic heterocycles. The first kappa shape index (κ1) is 10.8. The van der Waals surface area contributed by atoms with Crippen LogP contribution in [0.5, 0.6) is 5.75 Å². The van der Waals surface area contributed by atoms with Gasteiger partial charge in [-0.1, -0.05) is 11.6 Å². The predicted molar refractivity (Wildman–Crippen MR) is 56.7 cm³/mol. The lowest BCUT2D eigenvalue weighted by atomic mass is 10.5. The minimum Gasteiger partial charge on any atom is -0.502 e. The van der Waals surface area contributed by atoms with Crippen LogP contribution < -0.4 is 10.6 Å². The van der Waals surface area contributed by atoms with Crippen LogP contribution >= 0.6 is 11.6 Å². The van der Waals surface area contributed by atoms with Crippen LogP contribution in [0.4, 0.5) is 11.8 Å². The molecular weight excluding hydrogens is 204 g/mol. The van der Waals surface area contributed by atoms with Crippen LogP contribution in [-0.2, 0) is 0 Å². The molecule has 0 aliphatic carbocycles. The van der Waals surface area contributed by atoms with Crippen molar-refractivity contribution >= 4 is 23.4 Å². The molecule has 0 radical (unpaired) electrons. The number of nitrogens with zero attached hydrogens (tertiary/aromatic N) is 3. The van der Waals surface area contributed by atoms with E-state index in [0.29, 0.717) is 5.95 Å². The summed E-state index contributed by atoms with van der Waals surface area (Å²) in [7, 11) is 0. The molecule has 1 rings (SSSR count). The molecule has 0 aliphatic rings. The quantitative estimate of drug-likeness (QED) is 0.745. The Hall–Kier alpha value is -1.23. The van der Waals surface area contributed by atoms with Crippen molar-refractivity contribution in [2.75, 3.05) is 23.7 Å². The molecule has 14 heavy (non-hydrogen) atoms. The second-order valence-electron chi connectivity index (χ2n) is 2.72. The van der Waals surface area contributed by atoms with E-state index in [2.05, 4.69) is 9.97 Å². The number of hydrogen-bond donors (Lipinski definition) is 2. The van der Waals surface area contributed by atoms with Crippen LogP contribution in [0.1, 0.15) is 13.8 Å². The SMILES string of the molecule is CCN(CC)c1nc(N)c(O)c(Cl)n1. The third-order valence-corrected chi connectivity index (χ3v) is 2.17. The van der Waals surface area contributed by atoms with E-state index >= 15 is 0 Å². The summed E-state index contributed by atoms with van der Waals surface area (Å²) >= 11 is 5.67. The number of nitrogen functional groups attached to an aromatic ring is 1. The van der Waals surface area contributed by atoms with Gasteiger partial charge in [-0.2, -0.15) is 9.97 Å². The maximum Gasteiger partial charge on any atom is 0.228 e. The zero-order valence-electron chi connectivity index (χ0n) is 8.16. The smallest absolute Gasteiger partial charge is 0.228 e. The summed E-state index contributed by atoms with van der Waals surface area (Å²) in [6.07, 6.45) is 0. The number of hydrogen-bond acceptors (Lipinski definition) is 5. The minimum absolute atomic E-state index is 0.00639. The van der Waals surface area contributed by atoms with Crippen molar-refractivity contribution in [3.05, 3.63) is 5.15 Å². The molecule has 0 atom stereocenters. The minimum atomic E-state index is -0.262. The fourth-order valence-corrected chi connectivity index (χ4v) is 1.25. The van der Waals surface area contributed by atoms with Gasteiger partial charge in [-0.15, -0.1) is 0 Å². The highest BCUT2D eigenvalue weighted by atomic mass is 35.5. The second kappa shape index (κ2) is 4.32. The highest BCUT2D eigenvalue weighted by Crippen LogP contribution is 2.28. The highest BCUT2D eigenvalue weighted by Gasteiger charge is 2.12. The molecule has 1 heterocycles. The summed E-state index contributed by atoms with van der Waals surface area (Å²) in [5.41, 5.74) is 5.46. The fourth-order valence-electron chi connectivity index (χ4n) is 1.08. The summed E-state index contributed by atoms with van der Waals surface area (Å²) < 4.78 is 0. The number of nitrogens with two attached hydrogens (primary N) is 1. The first-order valence-electron chi connectivity index (χ1n) is 4.37. The molecule has 3 N–H and O–H groups in total. The van der Waals surface area contributed by atoms with Gasteiger partial charge in [-0.05, 0) is 13.8 Å². The number of anilines is 2. The van der Waals surface area contributed by atoms with Crippen LogP contribution in [0.25, 0.3) is 0 Å². The van der Waals surface area contributed by atoms with E-state index in [-0.39, 0.29) is 16.7 Å². The van der Waals surface area contributed by atoms with Crippen molar-refractivity contribution in [2.45, 2.75) is 13.8 Å². The molecule has 0 amide bonds. The maximum absolute atomic E-state index is 9.26. The van der Waals surface area contributed by atoms with Gasteiger partial charge in [-0.3, -0.25) is 0 Å². The van der Waals surface area contributed by atoms with Gasteiger partial charge < -0.3 is 15.7 Å². The number of halogens is 1. The standard InChI is InChI=1S/C8H13ClN4O/c1-3-13(4-2)8-11-6(9)5(14)7(10)12-8/h14H,3-4H2,1-2H3,(H2,10,11,12). The van der Waals surface area contributed by atoms with Crippen molar-refractivity contribution in [2.24, 2.45) is 0 Å². The van der Waals surface area contributed by atoms with Crippen molar-refractivity contribution in [3.63, 3.8) is 0 Å². The zero-order valence-corrected chi connectivity index (χ0v) is 8.91. The summed E-state index contributed by atoms with van der Waals surface area (Å²) in [6.45, 7) is 5.47. The summed E-state index contributed by atoms with van der Waals surface area (Å²) in [4.78, 5) is 9.75. The Morgan fingerprint density at radius 1 is 1.36 bits per heavy atom. The van der Waals surface area contributed by atoms with Gasteiger partial charge in [0.05, 0.1) is 0 Å². The highest BCUT2D eigenvalue weighted by molar-refractivity contribution is 6.31. The Bertz CT molecular complexity index is 304. The van der Waals surface area contributed by atoms with E-state index in [1.807, 2.05) is 18.7 Å². The van der Waals surface area contributed by atoms with E-state index in [0.717, 1.165) is 13.1 Å². The van der Waals surface area contributed by atoms with E-state index in [4.69, 9.17) is 17.3 Å². The molecule has 1 aromatic rings. The average Bonchev–Trinajstić information content (AvgIpc) is 2.16. The Kier molecular flexibility index (Phi) is 3.35. The third kappa shape index (κ3) is 1.98. The van der Waals surface area contributed by atoms with Gasteiger partial charge in [-0.25, -0.2) is 0 Å². The fraction of sp³-hybridized carbons (Fsp3) is 0.500. The first-order valence-corrected chi connectivity index (χ1v) is 4.74. The Morgan fingerprint density at radius 2 is 1.93 bits per heavy atom. The lowest BCUT2D eigenvalue weighted by Crippen LogP contribution is -2.24. The lowest BCUT2D eigenvalue weighted by molar-refractivity contribution is 0.473. The summed E-state index contributed by atoms with van der Waals surface area (Å²) in [6, 6.07) is 0. The molecule has 0 unspecified atom stereocenters. The molecule has 0 spiro atoms. The van der Waals surface area contributed by atoms with Gasteiger partial charge in [0.25, 0.3) is 0 Å². The molecule has 0 saturated carbocycles. The predicted octanol–water partition coefficient (Wildman–Crippen LogP) is 1.26. The molecule has 0 saturated heterocycles. The van der Waals surface area contributed by atoms with Gasteiger partial charge in [0.1, 0.15) is 0 Å². The Morgan fingerprint density at radius 3 is 2.36 bits per heavy atom. The normalized spacial score (nSPS) is 10.2. The van der Waals surface area contributed by atoms with E-state index in [1.165, 1.54) is 0 Å². The molecule has 0 aromatic carbocycles. The van der Waals surface area contributed by atoms with Crippen molar-refractivity contribution in [1.82, 2.24) is 9.97 Å². The van der Waals surface area contributed by atoms with Crippen molar-refractivity contribution in [1.29, 1.82) is 0 Å². The molecule has 78 valence electrons. The van der Waals surface area contributed by atoms with Crippen LogP contribution in [0.3, 0.4) is 0 Å². The molecule has 5 nitrogen and oxygen atoms in total. The molecular formula is C8H13ClN4O. The van der Waals surface area contributed by atoms with Crippen LogP contribution in [-0.4, -0.2) is 28.2 Å². The monoisotopic (exact) mass is 216 g/mol. The molecule has 0 bridgehead atoms. The van der Waals surface area contributed by atoms with Gasteiger partial charge >= 0.3 is 0 Å². The molecule has 0 fully saturated rings. The van der Waals surface area contributed by atoms with Crippen LogP contribution in [0.2, 0.25) is 5.15 Å². The van der Waals surface area contributed by atoms with E-state index < -0.39 is 0 Å². The average molecular weight is 217 g/mol. The molecule has 6 heteroatoms. The van der Waals surface area contributed by atoms with E-state index in [9.17, 15) is 5.11 Å². The lowest BCUT2D eigenvalue weighted by Gasteiger charge is -2.18. The summed E-state index contributed by atoms with van der Waals surface area (Å²) in [5, 5.41) is 9.24.